The first-order valence-corrected chi connectivity index (χ1v) is 13.4. The Labute approximate surface area is 246 Å². The molecule has 0 radical (unpaired) electrons. The number of rotatable bonds is 3. The van der Waals surface area contributed by atoms with E-state index >= 15 is 0 Å². The molecule has 4 aromatic rings. The van der Waals surface area contributed by atoms with Crippen LogP contribution in [0.3, 0.4) is 0 Å². The first kappa shape index (κ1) is 35.1. The van der Waals surface area contributed by atoms with Crippen LogP contribution in [-0.4, -0.2) is 46.0 Å². The lowest BCUT2D eigenvalue weighted by Gasteiger charge is -2.06. The molecule has 9 heteroatoms. The van der Waals surface area contributed by atoms with E-state index < -0.39 is 0 Å². The molecule has 9 N–H and O–H groups in total. The van der Waals surface area contributed by atoms with Gasteiger partial charge in [0.1, 0.15) is 40.2 Å². The van der Waals surface area contributed by atoms with Gasteiger partial charge in [-0.15, -0.1) is 0 Å². The van der Waals surface area contributed by atoms with Crippen LogP contribution in [0.1, 0.15) is 53.6 Å². The maximum Gasteiger partial charge on any atom is 0.164 e. The molecule has 0 bridgehead atoms. The minimum Gasteiger partial charge on any atom is -0.508 e. The molecule has 0 aliphatic rings. The van der Waals surface area contributed by atoms with Gasteiger partial charge in [-0.3, -0.25) is 0 Å². The molecule has 0 aliphatic heterocycles. The number of aryl methyl sites for hydroxylation is 2. The Bertz CT molecular complexity index is 1370. The first-order valence-electron chi connectivity index (χ1n) is 13.4. The quantitative estimate of drug-likeness (QED) is 0.0921. The normalized spacial score (nSPS) is 9.86. The van der Waals surface area contributed by atoms with Gasteiger partial charge in [0, 0.05) is 22.3 Å². The van der Waals surface area contributed by atoms with Crippen LogP contribution in [0.2, 0.25) is 0 Å². The molecule has 0 fully saturated rings. The standard InChI is InChI=1S/C9H12O2.C8H10O3.2C8H10O2/c1-2-4-7-8(10)5-3-6-9(7)11;1-4-3-6(9)5(2)8(11)7(4)10;1-5-3-4-7(9)6(2)8(5)10;1-2-6-7(9)4-3-5-8(6)10/h3,5-6,10-11H,2,4H2,1H3;3,9-11H,1-2H3;3-4,9-10H,1-2H3;3-5,9-10H,2H2,1H3. The Morgan fingerprint density at radius 2 is 0.905 bits per heavy atom. The van der Waals surface area contributed by atoms with Gasteiger partial charge in [-0.25, -0.2) is 0 Å². The zero-order valence-corrected chi connectivity index (χ0v) is 24.8. The predicted octanol–water partition coefficient (Wildman–Crippen LogP) is 6.85. The second-order valence-electron chi connectivity index (χ2n) is 9.56. The lowest BCUT2D eigenvalue weighted by atomic mass is 10.1. The molecule has 0 aromatic heterocycles. The zero-order valence-electron chi connectivity index (χ0n) is 24.8. The summed E-state index contributed by atoms with van der Waals surface area (Å²) in [5.41, 5.74) is 3.35. The summed E-state index contributed by atoms with van der Waals surface area (Å²) in [6.45, 7) is 10.5. The second-order valence-corrected chi connectivity index (χ2v) is 9.56. The summed E-state index contributed by atoms with van der Waals surface area (Å²) >= 11 is 0. The molecule has 4 rings (SSSR count). The Balaban J connectivity index is 0.000000280. The summed E-state index contributed by atoms with van der Waals surface area (Å²) in [7, 11) is 0. The number of aromatic hydroxyl groups is 9. The van der Waals surface area contributed by atoms with Gasteiger partial charge >= 0.3 is 0 Å². The fourth-order valence-electron chi connectivity index (χ4n) is 3.69. The molecule has 0 heterocycles. The molecule has 0 amide bonds. The maximum atomic E-state index is 9.26. The van der Waals surface area contributed by atoms with Gasteiger partial charge < -0.3 is 46.0 Å². The topological polar surface area (TPSA) is 182 Å². The van der Waals surface area contributed by atoms with Gasteiger partial charge in [0.2, 0.25) is 0 Å². The summed E-state index contributed by atoms with van der Waals surface area (Å²) in [4.78, 5) is 0. The van der Waals surface area contributed by atoms with Crippen LogP contribution in [0.25, 0.3) is 0 Å². The monoisotopic (exact) mass is 582 g/mol. The average molecular weight is 583 g/mol. The van der Waals surface area contributed by atoms with Gasteiger partial charge in [-0.05, 0) is 88.1 Å². The molecule has 0 atom stereocenters. The lowest BCUT2D eigenvalue weighted by Crippen LogP contribution is -1.84. The van der Waals surface area contributed by atoms with E-state index in [-0.39, 0.29) is 51.7 Å². The van der Waals surface area contributed by atoms with Gasteiger partial charge in [0.05, 0.1) is 0 Å². The summed E-state index contributed by atoms with van der Waals surface area (Å²) in [5.74, 6) is 0.618. The number of benzene rings is 4. The Morgan fingerprint density at radius 1 is 0.452 bits per heavy atom. The van der Waals surface area contributed by atoms with Crippen LogP contribution in [0, 0.1) is 27.7 Å². The van der Waals surface area contributed by atoms with Crippen LogP contribution in [0.5, 0.6) is 51.7 Å². The van der Waals surface area contributed by atoms with Crippen molar-refractivity contribution in [3.63, 3.8) is 0 Å². The largest absolute Gasteiger partial charge is 0.508 e. The van der Waals surface area contributed by atoms with Crippen molar-refractivity contribution in [1.29, 1.82) is 0 Å². The van der Waals surface area contributed by atoms with Gasteiger partial charge in [0.15, 0.2) is 11.5 Å². The molecule has 0 spiro atoms. The Hall–Kier alpha value is -4.92. The molecule has 0 saturated heterocycles. The Kier molecular flexibility index (Phi) is 13.7. The molecular weight excluding hydrogens is 540 g/mol. The number of phenolic OH excluding ortho intramolecular Hbond substituents is 9. The molecule has 0 unspecified atom stereocenters. The summed E-state index contributed by atoms with van der Waals surface area (Å²) in [6, 6.07) is 14.2. The van der Waals surface area contributed by atoms with Crippen LogP contribution in [0.15, 0.2) is 54.6 Å². The van der Waals surface area contributed by atoms with Gasteiger partial charge in [0.25, 0.3) is 0 Å². The van der Waals surface area contributed by atoms with Gasteiger partial charge in [-0.2, -0.15) is 0 Å². The van der Waals surface area contributed by atoms with E-state index in [1.807, 2.05) is 13.8 Å². The van der Waals surface area contributed by atoms with Crippen LogP contribution in [0.4, 0.5) is 0 Å². The van der Waals surface area contributed by atoms with E-state index in [2.05, 4.69) is 0 Å². The highest BCUT2D eigenvalue weighted by Gasteiger charge is 2.10. The van der Waals surface area contributed by atoms with E-state index in [0.29, 0.717) is 34.2 Å². The van der Waals surface area contributed by atoms with E-state index in [0.717, 1.165) is 18.4 Å². The van der Waals surface area contributed by atoms with Crippen LogP contribution >= 0.6 is 0 Å². The fourth-order valence-corrected chi connectivity index (χ4v) is 3.69. The molecule has 4 aromatic carbocycles. The van der Waals surface area contributed by atoms with Crippen molar-refractivity contribution in [3.8, 4) is 51.7 Å². The highest BCUT2D eigenvalue weighted by atomic mass is 16.3. The third-order valence-corrected chi connectivity index (χ3v) is 6.40. The fraction of sp³-hybridized carbons (Fsp3) is 0.273. The van der Waals surface area contributed by atoms with Crippen molar-refractivity contribution in [1.82, 2.24) is 0 Å². The molecule has 42 heavy (non-hydrogen) atoms. The summed E-state index contributed by atoms with van der Waals surface area (Å²) < 4.78 is 0. The summed E-state index contributed by atoms with van der Waals surface area (Å²) in [6.07, 6.45) is 2.29. The third kappa shape index (κ3) is 9.62. The highest BCUT2D eigenvalue weighted by Crippen LogP contribution is 2.37. The van der Waals surface area contributed by atoms with Crippen LogP contribution < -0.4 is 0 Å². The average Bonchev–Trinajstić information content (AvgIpc) is 2.95. The Morgan fingerprint density at radius 3 is 1.31 bits per heavy atom. The molecule has 9 nitrogen and oxygen atoms in total. The van der Waals surface area contributed by atoms with E-state index in [1.54, 1.807) is 69.3 Å². The third-order valence-electron chi connectivity index (χ3n) is 6.40. The van der Waals surface area contributed by atoms with Crippen molar-refractivity contribution in [3.05, 3.63) is 88.0 Å². The minimum absolute atomic E-state index is 0.00204. The van der Waals surface area contributed by atoms with Crippen molar-refractivity contribution in [2.24, 2.45) is 0 Å². The van der Waals surface area contributed by atoms with Crippen molar-refractivity contribution in [2.75, 3.05) is 0 Å². The van der Waals surface area contributed by atoms with Crippen molar-refractivity contribution < 1.29 is 46.0 Å². The van der Waals surface area contributed by atoms with E-state index in [9.17, 15) is 15.3 Å². The van der Waals surface area contributed by atoms with Crippen LogP contribution in [-0.2, 0) is 12.8 Å². The van der Waals surface area contributed by atoms with Gasteiger partial charge in [-0.1, -0.05) is 38.5 Å². The number of hydrogen-bond donors (Lipinski definition) is 9. The maximum absolute atomic E-state index is 9.26. The number of phenols is 9. The predicted molar refractivity (Wildman–Crippen MR) is 163 cm³/mol. The van der Waals surface area contributed by atoms with E-state index in [1.165, 1.54) is 13.0 Å². The molecular formula is C33H42O9. The molecule has 0 aliphatic carbocycles. The molecule has 228 valence electrons. The lowest BCUT2D eigenvalue weighted by molar-refractivity contribution is 0.389. The van der Waals surface area contributed by atoms with Crippen molar-refractivity contribution >= 4 is 0 Å². The smallest absolute Gasteiger partial charge is 0.164 e. The number of hydrogen-bond acceptors (Lipinski definition) is 9. The first-order chi connectivity index (χ1) is 19.7. The zero-order chi connectivity index (χ0) is 32.1. The summed E-state index contributed by atoms with van der Waals surface area (Å²) in [5, 5.41) is 82.5. The SMILES string of the molecule is CCCc1c(O)cccc1O.CCc1c(O)cccc1O.Cc1cc(O)c(C)c(O)c1O.Cc1ccc(O)c(C)c1O. The molecule has 0 saturated carbocycles. The highest BCUT2D eigenvalue weighted by molar-refractivity contribution is 5.55. The van der Waals surface area contributed by atoms with Crippen molar-refractivity contribution in [2.45, 2.75) is 60.8 Å². The van der Waals surface area contributed by atoms with E-state index in [4.69, 9.17) is 30.6 Å². The minimum atomic E-state index is -0.248. The second kappa shape index (κ2) is 16.4.